The van der Waals surface area contributed by atoms with Crippen LogP contribution in [0.1, 0.15) is 37.7 Å². The maximum atomic E-state index is 11.1. The lowest BCUT2D eigenvalue weighted by Gasteiger charge is -2.32. The van der Waals surface area contributed by atoms with Crippen LogP contribution in [0.4, 0.5) is 11.4 Å². The summed E-state index contributed by atoms with van der Waals surface area (Å²) in [6, 6.07) is 6.91. The zero-order chi connectivity index (χ0) is 13.8. The lowest BCUT2D eigenvalue weighted by molar-refractivity contribution is -0.384. The average Bonchev–Trinajstić information content (AvgIpc) is 2.46. The first-order valence-corrected chi connectivity index (χ1v) is 6.55. The van der Waals surface area contributed by atoms with Crippen LogP contribution < -0.4 is 4.90 Å². The lowest BCUT2D eigenvalue weighted by Crippen LogP contribution is -2.33. The molecule has 1 aliphatic carbocycles. The Bertz CT molecular complexity index is 516. The summed E-state index contributed by atoms with van der Waals surface area (Å²) in [4.78, 5) is 12.7. The van der Waals surface area contributed by atoms with Crippen molar-refractivity contribution in [1.29, 1.82) is 5.26 Å². The van der Waals surface area contributed by atoms with Gasteiger partial charge in [0.05, 0.1) is 16.6 Å². The molecule has 0 bridgehead atoms. The number of benzene rings is 1. The first-order chi connectivity index (χ1) is 9.13. The van der Waals surface area contributed by atoms with Crippen LogP contribution in [-0.4, -0.2) is 18.0 Å². The molecule has 100 valence electrons. The van der Waals surface area contributed by atoms with Gasteiger partial charge in [0.25, 0.3) is 5.69 Å². The average molecular weight is 259 g/mol. The van der Waals surface area contributed by atoms with Crippen molar-refractivity contribution >= 4 is 11.4 Å². The monoisotopic (exact) mass is 259 g/mol. The van der Waals surface area contributed by atoms with Gasteiger partial charge in [-0.25, -0.2) is 0 Å². The number of anilines is 1. The number of hydrogen-bond acceptors (Lipinski definition) is 4. The highest BCUT2D eigenvalue weighted by Gasteiger charge is 2.24. The number of nitro benzene ring substituents is 1. The van der Waals surface area contributed by atoms with E-state index in [0.717, 1.165) is 12.8 Å². The van der Waals surface area contributed by atoms with Gasteiger partial charge in [-0.3, -0.25) is 10.1 Å². The molecular weight excluding hydrogens is 242 g/mol. The summed E-state index contributed by atoms with van der Waals surface area (Å²) in [6.07, 6.45) is 5.70. The maximum Gasteiger partial charge on any atom is 0.292 e. The smallest absolute Gasteiger partial charge is 0.292 e. The molecule has 0 amide bonds. The summed E-state index contributed by atoms with van der Waals surface area (Å²) in [5.74, 6) is 0. The van der Waals surface area contributed by atoms with Crippen LogP contribution in [0.2, 0.25) is 0 Å². The molecule has 0 heterocycles. The molecule has 5 heteroatoms. The molecule has 0 unspecified atom stereocenters. The summed E-state index contributed by atoms with van der Waals surface area (Å²) in [7, 11) is 1.89. The summed E-state index contributed by atoms with van der Waals surface area (Å²) in [5, 5.41) is 20.0. The third-order valence-corrected chi connectivity index (χ3v) is 3.80. The predicted octanol–water partition coefficient (Wildman–Crippen LogP) is 3.24. The quantitative estimate of drug-likeness (QED) is 0.617. The van der Waals surface area contributed by atoms with E-state index in [1.807, 2.05) is 18.0 Å². The minimum atomic E-state index is -0.379. The number of nitro groups is 1. The molecule has 0 N–H and O–H groups in total. The van der Waals surface area contributed by atoms with Gasteiger partial charge in [0.1, 0.15) is 5.69 Å². The molecule has 0 aliphatic heterocycles. The van der Waals surface area contributed by atoms with Crippen molar-refractivity contribution in [3.05, 3.63) is 33.9 Å². The van der Waals surface area contributed by atoms with Crippen molar-refractivity contribution in [1.82, 2.24) is 0 Å². The molecule has 0 atom stereocenters. The highest BCUT2D eigenvalue weighted by atomic mass is 16.6. The fraction of sp³-hybridized carbons (Fsp3) is 0.500. The second kappa shape index (κ2) is 5.70. The molecule has 1 aromatic carbocycles. The Kier molecular flexibility index (Phi) is 4.00. The molecule has 0 radical (unpaired) electrons. The third-order valence-electron chi connectivity index (χ3n) is 3.80. The van der Waals surface area contributed by atoms with Crippen molar-refractivity contribution < 1.29 is 4.92 Å². The summed E-state index contributed by atoms with van der Waals surface area (Å²) < 4.78 is 0. The molecule has 1 aliphatic rings. The first kappa shape index (κ1) is 13.3. The molecule has 0 spiro atoms. The van der Waals surface area contributed by atoms with E-state index >= 15 is 0 Å². The van der Waals surface area contributed by atoms with Gasteiger partial charge in [0.2, 0.25) is 0 Å². The third kappa shape index (κ3) is 2.84. The Hall–Kier alpha value is -2.09. The van der Waals surface area contributed by atoms with E-state index in [1.165, 1.54) is 31.4 Å². The number of rotatable bonds is 3. The van der Waals surface area contributed by atoms with Gasteiger partial charge in [0.15, 0.2) is 0 Å². The summed E-state index contributed by atoms with van der Waals surface area (Å²) >= 11 is 0. The zero-order valence-electron chi connectivity index (χ0n) is 11.0. The van der Waals surface area contributed by atoms with Crippen LogP contribution in [0.25, 0.3) is 0 Å². The number of hydrogen-bond donors (Lipinski definition) is 0. The standard InChI is InChI=1S/C14H17N3O2/c1-16(12-5-3-2-4-6-12)14-9-11(10-15)7-8-13(14)17(18)19/h7-9,12H,2-6H2,1H3. The van der Waals surface area contributed by atoms with Gasteiger partial charge in [-0.1, -0.05) is 19.3 Å². The predicted molar refractivity (Wildman–Crippen MR) is 73.1 cm³/mol. The topological polar surface area (TPSA) is 70.2 Å². The Morgan fingerprint density at radius 1 is 1.37 bits per heavy atom. The summed E-state index contributed by atoms with van der Waals surface area (Å²) in [5.41, 5.74) is 1.09. The minimum Gasteiger partial charge on any atom is -0.366 e. The number of nitriles is 1. The van der Waals surface area contributed by atoms with Gasteiger partial charge in [-0.2, -0.15) is 5.26 Å². The number of nitrogens with zero attached hydrogens (tertiary/aromatic N) is 3. The van der Waals surface area contributed by atoms with Crippen molar-refractivity contribution in [3.8, 4) is 6.07 Å². The largest absolute Gasteiger partial charge is 0.366 e. The van der Waals surface area contributed by atoms with Gasteiger partial charge < -0.3 is 4.90 Å². The van der Waals surface area contributed by atoms with Crippen LogP contribution in [0.5, 0.6) is 0 Å². The van der Waals surface area contributed by atoms with Crippen LogP contribution in [0.3, 0.4) is 0 Å². The molecule has 5 nitrogen and oxygen atoms in total. The summed E-state index contributed by atoms with van der Waals surface area (Å²) in [6.45, 7) is 0. The van der Waals surface area contributed by atoms with Crippen LogP contribution in [0.15, 0.2) is 18.2 Å². The second-order valence-corrected chi connectivity index (χ2v) is 4.98. The van der Waals surface area contributed by atoms with Gasteiger partial charge in [0, 0.05) is 19.2 Å². The molecule has 1 aromatic rings. The lowest BCUT2D eigenvalue weighted by atomic mass is 9.94. The molecule has 0 aromatic heterocycles. The molecular formula is C14H17N3O2. The Balaban J connectivity index is 2.35. The Labute approximate surface area is 112 Å². The van der Waals surface area contributed by atoms with Crippen LogP contribution in [0, 0.1) is 21.4 Å². The van der Waals surface area contributed by atoms with Gasteiger partial charge >= 0.3 is 0 Å². The molecule has 0 saturated heterocycles. The van der Waals surface area contributed by atoms with Crippen LogP contribution >= 0.6 is 0 Å². The van der Waals surface area contributed by atoms with Crippen molar-refractivity contribution in [2.45, 2.75) is 38.1 Å². The van der Waals surface area contributed by atoms with Crippen LogP contribution in [-0.2, 0) is 0 Å². The SMILES string of the molecule is CN(c1cc(C#N)ccc1[N+](=O)[O-])C1CCCCC1. The van der Waals surface area contributed by atoms with E-state index < -0.39 is 0 Å². The first-order valence-electron chi connectivity index (χ1n) is 6.55. The highest BCUT2D eigenvalue weighted by Crippen LogP contribution is 2.33. The normalized spacial score (nSPS) is 15.8. The van der Waals surface area contributed by atoms with Crippen molar-refractivity contribution in [3.63, 3.8) is 0 Å². The second-order valence-electron chi connectivity index (χ2n) is 4.98. The van der Waals surface area contributed by atoms with E-state index in [1.54, 1.807) is 6.07 Å². The van der Waals surface area contributed by atoms with E-state index in [0.29, 0.717) is 17.3 Å². The van der Waals surface area contributed by atoms with E-state index in [4.69, 9.17) is 5.26 Å². The van der Waals surface area contributed by atoms with E-state index in [2.05, 4.69) is 0 Å². The molecule has 19 heavy (non-hydrogen) atoms. The Morgan fingerprint density at radius 3 is 2.63 bits per heavy atom. The van der Waals surface area contributed by atoms with Gasteiger partial charge in [-0.15, -0.1) is 0 Å². The maximum absolute atomic E-state index is 11.1. The van der Waals surface area contributed by atoms with Gasteiger partial charge in [-0.05, 0) is 25.0 Å². The van der Waals surface area contributed by atoms with E-state index in [9.17, 15) is 10.1 Å². The minimum absolute atomic E-state index is 0.0760. The Morgan fingerprint density at radius 2 is 2.05 bits per heavy atom. The van der Waals surface area contributed by atoms with Crippen molar-refractivity contribution in [2.24, 2.45) is 0 Å². The molecule has 2 rings (SSSR count). The van der Waals surface area contributed by atoms with Crippen molar-refractivity contribution in [2.75, 3.05) is 11.9 Å². The fourth-order valence-corrected chi connectivity index (χ4v) is 2.69. The fourth-order valence-electron chi connectivity index (χ4n) is 2.69. The molecule has 1 saturated carbocycles. The molecule has 1 fully saturated rings. The zero-order valence-corrected chi connectivity index (χ0v) is 11.0. The van der Waals surface area contributed by atoms with E-state index in [-0.39, 0.29) is 10.6 Å². The highest BCUT2D eigenvalue weighted by molar-refractivity contribution is 5.66.